The molecule has 1 unspecified atom stereocenters. The lowest BCUT2D eigenvalue weighted by Gasteiger charge is -2.00. The maximum absolute atomic E-state index is 11.3. The van der Waals surface area contributed by atoms with Crippen LogP contribution in [0.4, 0.5) is 0 Å². The fourth-order valence-corrected chi connectivity index (χ4v) is 3.58. The molecule has 0 aliphatic rings. The number of carbonyl (C=O) groups is 1. The standard InChI is InChI=1S/C9H18O4S2/c1-3-9(10)5-4-6-14(11)7-8-15(2,12)13/h3-8H2,1-2H3. The maximum atomic E-state index is 11.3. The van der Waals surface area contributed by atoms with Crippen molar-refractivity contribution < 1.29 is 17.4 Å². The van der Waals surface area contributed by atoms with Gasteiger partial charge in [-0.1, -0.05) is 6.92 Å². The summed E-state index contributed by atoms with van der Waals surface area (Å²) in [5.74, 6) is 0.719. The first-order valence-electron chi connectivity index (χ1n) is 4.89. The number of sulfone groups is 1. The summed E-state index contributed by atoms with van der Waals surface area (Å²) in [6.07, 6.45) is 2.67. The molecule has 4 nitrogen and oxygen atoms in total. The molecule has 0 amide bonds. The Kier molecular flexibility index (Phi) is 7.00. The van der Waals surface area contributed by atoms with Gasteiger partial charge >= 0.3 is 0 Å². The van der Waals surface area contributed by atoms with E-state index >= 15 is 0 Å². The lowest BCUT2D eigenvalue weighted by atomic mass is 10.2. The Labute approximate surface area is 93.8 Å². The molecule has 1 atom stereocenters. The van der Waals surface area contributed by atoms with Crippen LogP contribution in [0.1, 0.15) is 26.2 Å². The van der Waals surface area contributed by atoms with Crippen molar-refractivity contribution in [3.8, 4) is 0 Å². The van der Waals surface area contributed by atoms with Crippen molar-refractivity contribution in [1.29, 1.82) is 0 Å². The van der Waals surface area contributed by atoms with E-state index in [4.69, 9.17) is 0 Å². The normalized spacial score (nSPS) is 13.7. The molecular formula is C9H18O4S2. The Balaban J connectivity index is 3.63. The Morgan fingerprint density at radius 3 is 2.33 bits per heavy atom. The molecule has 0 aromatic heterocycles. The fourth-order valence-electron chi connectivity index (χ4n) is 0.953. The lowest BCUT2D eigenvalue weighted by Crippen LogP contribution is -2.14. The van der Waals surface area contributed by atoms with E-state index in [0.29, 0.717) is 25.0 Å². The first kappa shape index (κ1) is 14.8. The number of carbonyl (C=O) groups excluding carboxylic acids is 1. The Hall–Kier alpha value is -0.230. The van der Waals surface area contributed by atoms with E-state index in [2.05, 4.69) is 0 Å². The van der Waals surface area contributed by atoms with Gasteiger partial charge in [-0.25, -0.2) is 8.42 Å². The van der Waals surface area contributed by atoms with E-state index in [1.807, 2.05) is 0 Å². The second-order valence-electron chi connectivity index (χ2n) is 3.47. The molecule has 0 bridgehead atoms. The predicted molar refractivity (Wildman–Crippen MR) is 62.1 cm³/mol. The van der Waals surface area contributed by atoms with Gasteiger partial charge in [0.15, 0.2) is 0 Å². The summed E-state index contributed by atoms with van der Waals surface area (Å²) in [5, 5.41) is 0. The first-order chi connectivity index (χ1) is 6.85. The van der Waals surface area contributed by atoms with Gasteiger partial charge in [0.1, 0.15) is 15.6 Å². The number of Topliss-reactive ketones (excluding diaryl/α,β-unsaturated/α-hetero) is 1. The highest BCUT2D eigenvalue weighted by Gasteiger charge is 2.07. The minimum atomic E-state index is -3.03. The summed E-state index contributed by atoms with van der Waals surface area (Å²) in [6, 6.07) is 0. The SMILES string of the molecule is CCC(=O)CCCS(=O)CCS(C)(=O)=O. The first-order valence-corrected chi connectivity index (χ1v) is 8.44. The van der Waals surface area contributed by atoms with E-state index in [0.717, 1.165) is 6.26 Å². The molecule has 0 aliphatic carbocycles. The average Bonchev–Trinajstić information content (AvgIpc) is 2.13. The quantitative estimate of drug-likeness (QED) is 0.634. The van der Waals surface area contributed by atoms with Crippen LogP contribution in [0.25, 0.3) is 0 Å². The van der Waals surface area contributed by atoms with Crippen molar-refractivity contribution in [1.82, 2.24) is 0 Å². The van der Waals surface area contributed by atoms with Crippen LogP contribution >= 0.6 is 0 Å². The summed E-state index contributed by atoms with van der Waals surface area (Å²) in [4.78, 5) is 10.9. The van der Waals surface area contributed by atoms with Crippen LogP contribution in [0.3, 0.4) is 0 Å². The molecule has 6 heteroatoms. The third-order valence-corrected chi connectivity index (χ3v) is 4.51. The minimum Gasteiger partial charge on any atom is -0.300 e. The van der Waals surface area contributed by atoms with Gasteiger partial charge in [0.05, 0.1) is 5.75 Å². The molecule has 0 aliphatic heterocycles. The highest BCUT2D eigenvalue weighted by atomic mass is 32.2. The molecule has 0 heterocycles. The highest BCUT2D eigenvalue weighted by molar-refractivity contribution is 7.92. The zero-order valence-corrected chi connectivity index (χ0v) is 10.8. The molecule has 0 rings (SSSR count). The third kappa shape index (κ3) is 10.1. The van der Waals surface area contributed by atoms with E-state index in [1.165, 1.54) is 0 Å². The van der Waals surface area contributed by atoms with Gasteiger partial charge in [0.25, 0.3) is 0 Å². The molecule has 0 N–H and O–H groups in total. The minimum absolute atomic E-state index is 0.0403. The molecule has 0 aromatic rings. The average molecular weight is 254 g/mol. The number of rotatable bonds is 8. The van der Waals surface area contributed by atoms with Crippen molar-refractivity contribution in [3.63, 3.8) is 0 Å². The van der Waals surface area contributed by atoms with E-state index < -0.39 is 20.6 Å². The largest absolute Gasteiger partial charge is 0.300 e. The van der Waals surface area contributed by atoms with Gasteiger partial charge in [-0.15, -0.1) is 0 Å². The van der Waals surface area contributed by atoms with Gasteiger partial charge < -0.3 is 0 Å². The molecule has 0 fully saturated rings. The highest BCUT2D eigenvalue weighted by Crippen LogP contribution is 1.98. The van der Waals surface area contributed by atoms with Crippen LogP contribution in [-0.4, -0.2) is 41.9 Å². The summed E-state index contributed by atoms with van der Waals surface area (Å²) < 4.78 is 32.8. The molecule has 0 aromatic carbocycles. The van der Waals surface area contributed by atoms with Crippen molar-refractivity contribution in [3.05, 3.63) is 0 Å². The number of hydrogen-bond donors (Lipinski definition) is 0. The zero-order valence-electron chi connectivity index (χ0n) is 9.19. The maximum Gasteiger partial charge on any atom is 0.148 e. The van der Waals surface area contributed by atoms with Crippen LogP contribution in [0.15, 0.2) is 0 Å². The van der Waals surface area contributed by atoms with Gasteiger partial charge in [-0.3, -0.25) is 9.00 Å². The molecule has 15 heavy (non-hydrogen) atoms. The Morgan fingerprint density at radius 1 is 1.27 bits per heavy atom. The molecular weight excluding hydrogens is 236 g/mol. The smallest absolute Gasteiger partial charge is 0.148 e. The third-order valence-electron chi connectivity index (χ3n) is 1.90. The Morgan fingerprint density at radius 2 is 1.87 bits per heavy atom. The van der Waals surface area contributed by atoms with Crippen LogP contribution < -0.4 is 0 Å². The molecule has 0 saturated heterocycles. The lowest BCUT2D eigenvalue weighted by molar-refractivity contribution is -0.118. The monoisotopic (exact) mass is 254 g/mol. The second-order valence-corrected chi connectivity index (χ2v) is 7.43. The fraction of sp³-hybridized carbons (Fsp3) is 0.889. The van der Waals surface area contributed by atoms with Crippen molar-refractivity contribution in [2.24, 2.45) is 0 Å². The Bertz CT molecular complexity index is 319. The molecule has 0 radical (unpaired) electrons. The van der Waals surface area contributed by atoms with Gasteiger partial charge in [-0.05, 0) is 6.42 Å². The van der Waals surface area contributed by atoms with Crippen molar-refractivity contribution in [2.75, 3.05) is 23.5 Å². The van der Waals surface area contributed by atoms with Gasteiger partial charge in [-0.2, -0.15) is 0 Å². The van der Waals surface area contributed by atoms with Crippen molar-refractivity contribution >= 4 is 26.4 Å². The van der Waals surface area contributed by atoms with Crippen LogP contribution in [0.2, 0.25) is 0 Å². The molecule has 0 saturated carbocycles. The summed E-state index contributed by atoms with van der Waals surface area (Å²) in [6.45, 7) is 1.79. The topological polar surface area (TPSA) is 68.3 Å². The van der Waals surface area contributed by atoms with Crippen LogP contribution in [0, 0.1) is 0 Å². The molecule has 0 spiro atoms. The summed E-state index contributed by atoms with van der Waals surface area (Å²) in [5.41, 5.74) is 0. The summed E-state index contributed by atoms with van der Waals surface area (Å²) in [7, 11) is -4.14. The summed E-state index contributed by atoms with van der Waals surface area (Å²) >= 11 is 0. The van der Waals surface area contributed by atoms with Crippen LogP contribution in [0.5, 0.6) is 0 Å². The number of hydrogen-bond acceptors (Lipinski definition) is 4. The number of ketones is 1. The van der Waals surface area contributed by atoms with Crippen LogP contribution in [-0.2, 0) is 25.4 Å². The van der Waals surface area contributed by atoms with Gasteiger partial charge in [0, 0.05) is 41.4 Å². The zero-order chi connectivity index (χ0) is 11.9. The van der Waals surface area contributed by atoms with E-state index in [9.17, 15) is 17.4 Å². The van der Waals surface area contributed by atoms with E-state index in [-0.39, 0.29) is 17.3 Å². The van der Waals surface area contributed by atoms with Crippen molar-refractivity contribution in [2.45, 2.75) is 26.2 Å². The van der Waals surface area contributed by atoms with Gasteiger partial charge in [0.2, 0.25) is 0 Å². The predicted octanol–water partition coefficient (Wildman–Crippen LogP) is 0.539. The molecule has 90 valence electrons. The second kappa shape index (κ2) is 7.11. The van der Waals surface area contributed by atoms with E-state index in [1.54, 1.807) is 6.92 Å².